The Hall–Kier alpha value is -2.27. The molecular weight excluding hydrogens is 208 g/mol. The van der Waals surface area contributed by atoms with E-state index in [1.54, 1.807) is 0 Å². The van der Waals surface area contributed by atoms with Crippen molar-refractivity contribution in [3.8, 4) is 6.07 Å². The number of hydrogen-bond acceptors (Lipinski definition) is 1. The maximum Gasteiger partial charge on any atom is 0.101 e. The summed E-state index contributed by atoms with van der Waals surface area (Å²) in [5.74, 6) is 0. The lowest BCUT2D eigenvalue weighted by atomic mass is 10.1. The van der Waals surface area contributed by atoms with Gasteiger partial charge in [0.2, 0.25) is 0 Å². The molecule has 2 nitrogen and oxygen atoms in total. The van der Waals surface area contributed by atoms with Crippen molar-refractivity contribution in [2.24, 2.45) is 0 Å². The van der Waals surface area contributed by atoms with Crippen molar-refractivity contribution in [2.75, 3.05) is 0 Å². The Balaban J connectivity index is 2.67. The molecule has 0 radical (unpaired) electrons. The summed E-state index contributed by atoms with van der Waals surface area (Å²) in [5.41, 5.74) is 4.10. The average molecular weight is 220 g/mol. The molecule has 17 heavy (non-hydrogen) atoms. The quantitative estimate of drug-likeness (QED) is 0.569. The molecule has 0 N–H and O–H groups in total. The van der Waals surface area contributed by atoms with Gasteiger partial charge in [0, 0.05) is 17.3 Å². The Kier molecular flexibility index (Phi) is 1.96. The number of benzene rings is 1. The van der Waals surface area contributed by atoms with E-state index in [4.69, 9.17) is 0 Å². The molecule has 3 rings (SSSR count). The highest BCUT2D eigenvalue weighted by Gasteiger charge is 2.10. The topological polar surface area (TPSA) is 28.2 Å². The van der Waals surface area contributed by atoms with Crippen LogP contribution in [-0.2, 0) is 0 Å². The smallest absolute Gasteiger partial charge is 0.101 e. The number of fused-ring (bicyclic) bond motifs is 3. The van der Waals surface area contributed by atoms with Gasteiger partial charge in [-0.2, -0.15) is 5.26 Å². The van der Waals surface area contributed by atoms with E-state index >= 15 is 0 Å². The first-order valence-electron chi connectivity index (χ1n) is 5.62. The normalized spacial score (nSPS) is 10.9. The van der Waals surface area contributed by atoms with Crippen LogP contribution < -0.4 is 0 Å². The molecule has 82 valence electrons. The zero-order chi connectivity index (χ0) is 12.0. The van der Waals surface area contributed by atoms with Gasteiger partial charge in [-0.05, 0) is 30.9 Å². The van der Waals surface area contributed by atoms with E-state index in [0.29, 0.717) is 0 Å². The summed E-state index contributed by atoms with van der Waals surface area (Å²) < 4.78 is 2.11. The number of hydrogen-bond donors (Lipinski definition) is 0. The van der Waals surface area contributed by atoms with Gasteiger partial charge >= 0.3 is 0 Å². The Morgan fingerprint density at radius 3 is 2.53 bits per heavy atom. The van der Waals surface area contributed by atoms with Crippen molar-refractivity contribution in [1.29, 1.82) is 5.26 Å². The van der Waals surface area contributed by atoms with Gasteiger partial charge in [-0.15, -0.1) is 0 Å². The third kappa shape index (κ3) is 1.26. The van der Waals surface area contributed by atoms with Crippen molar-refractivity contribution < 1.29 is 0 Å². The molecule has 0 aliphatic carbocycles. The van der Waals surface area contributed by atoms with Crippen LogP contribution in [0.4, 0.5) is 0 Å². The minimum atomic E-state index is 0.749. The SMILES string of the molecule is Cc1cn2c(C)cc(C#N)c2c2ccccc12. The summed E-state index contributed by atoms with van der Waals surface area (Å²) in [7, 11) is 0. The largest absolute Gasteiger partial charge is 0.319 e. The highest BCUT2D eigenvalue weighted by atomic mass is 14.9. The van der Waals surface area contributed by atoms with Crippen LogP contribution in [0.1, 0.15) is 16.8 Å². The van der Waals surface area contributed by atoms with E-state index in [-0.39, 0.29) is 0 Å². The first-order valence-corrected chi connectivity index (χ1v) is 5.62. The van der Waals surface area contributed by atoms with Crippen molar-refractivity contribution in [3.63, 3.8) is 0 Å². The standard InChI is InChI=1S/C15H12N2/c1-10-9-17-11(2)7-12(8-16)15(17)14-6-4-3-5-13(10)14/h3-7,9H,1-2H3. The summed E-state index contributed by atoms with van der Waals surface area (Å²) in [4.78, 5) is 0. The molecule has 0 saturated heterocycles. The second kappa shape index (κ2) is 3.36. The van der Waals surface area contributed by atoms with Gasteiger partial charge in [-0.1, -0.05) is 24.3 Å². The fourth-order valence-electron chi connectivity index (χ4n) is 2.48. The molecular formula is C15H12N2. The van der Waals surface area contributed by atoms with Gasteiger partial charge in [-0.3, -0.25) is 0 Å². The number of aromatic nitrogens is 1. The monoisotopic (exact) mass is 220 g/mol. The molecule has 0 spiro atoms. The summed E-state index contributed by atoms with van der Waals surface area (Å²) in [6, 6.07) is 12.5. The van der Waals surface area contributed by atoms with E-state index in [9.17, 15) is 5.26 Å². The molecule has 0 saturated carbocycles. The van der Waals surface area contributed by atoms with E-state index in [1.165, 1.54) is 10.9 Å². The lowest BCUT2D eigenvalue weighted by molar-refractivity contribution is 1.11. The highest BCUT2D eigenvalue weighted by molar-refractivity contribution is 6.00. The van der Waals surface area contributed by atoms with Crippen LogP contribution in [-0.4, -0.2) is 4.40 Å². The van der Waals surface area contributed by atoms with Crippen LogP contribution in [0.25, 0.3) is 16.3 Å². The van der Waals surface area contributed by atoms with Gasteiger partial charge in [0.1, 0.15) is 6.07 Å². The lowest BCUT2D eigenvalue weighted by Gasteiger charge is -2.07. The molecule has 2 heterocycles. The number of rotatable bonds is 0. The second-order valence-electron chi connectivity index (χ2n) is 4.39. The van der Waals surface area contributed by atoms with Gasteiger partial charge in [-0.25, -0.2) is 0 Å². The van der Waals surface area contributed by atoms with Gasteiger partial charge in [0.25, 0.3) is 0 Å². The van der Waals surface area contributed by atoms with Crippen LogP contribution >= 0.6 is 0 Å². The first-order chi connectivity index (χ1) is 8.22. The van der Waals surface area contributed by atoms with Crippen LogP contribution in [0.5, 0.6) is 0 Å². The molecule has 1 aromatic carbocycles. The van der Waals surface area contributed by atoms with E-state index in [2.05, 4.69) is 35.7 Å². The maximum atomic E-state index is 9.21. The van der Waals surface area contributed by atoms with E-state index in [0.717, 1.165) is 22.2 Å². The molecule has 0 fully saturated rings. The number of nitriles is 1. The third-order valence-corrected chi connectivity index (χ3v) is 3.28. The maximum absolute atomic E-state index is 9.21. The predicted octanol–water partition coefficient (Wildman–Crippen LogP) is 3.58. The summed E-state index contributed by atoms with van der Waals surface area (Å²) >= 11 is 0. The van der Waals surface area contributed by atoms with Crippen molar-refractivity contribution in [3.05, 3.63) is 53.3 Å². The molecule has 3 aromatic rings. The molecule has 2 heteroatoms. The lowest BCUT2D eigenvalue weighted by Crippen LogP contribution is -1.91. The summed E-state index contributed by atoms with van der Waals surface area (Å²) in [6.07, 6.45) is 2.10. The highest BCUT2D eigenvalue weighted by Crippen LogP contribution is 2.27. The molecule has 0 atom stereocenters. The zero-order valence-electron chi connectivity index (χ0n) is 9.86. The third-order valence-electron chi connectivity index (χ3n) is 3.28. The van der Waals surface area contributed by atoms with E-state index in [1.807, 2.05) is 25.1 Å². The summed E-state index contributed by atoms with van der Waals surface area (Å²) in [5, 5.41) is 11.6. The number of aryl methyl sites for hydroxylation is 2. The molecule has 0 amide bonds. The number of pyridine rings is 1. The Bertz CT molecular complexity index is 773. The van der Waals surface area contributed by atoms with Crippen LogP contribution in [0.3, 0.4) is 0 Å². The first kappa shape index (κ1) is 9.92. The minimum absolute atomic E-state index is 0.749. The summed E-state index contributed by atoms with van der Waals surface area (Å²) in [6.45, 7) is 4.13. The predicted molar refractivity (Wildman–Crippen MR) is 69.1 cm³/mol. The molecule has 2 aromatic heterocycles. The van der Waals surface area contributed by atoms with E-state index < -0.39 is 0 Å². The second-order valence-corrected chi connectivity index (χ2v) is 4.39. The fourth-order valence-corrected chi connectivity index (χ4v) is 2.48. The van der Waals surface area contributed by atoms with Crippen molar-refractivity contribution in [1.82, 2.24) is 4.40 Å². The van der Waals surface area contributed by atoms with Gasteiger partial charge in [0.15, 0.2) is 0 Å². The number of nitrogens with zero attached hydrogens (tertiary/aromatic N) is 2. The van der Waals surface area contributed by atoms with Crippen molar-refractivity contribution in [2.45, 2.75) is 13.8 Å². The Morgan fingerprint density at radius 1 is 1.12 bits per heavy atom. The van der Waals surface area contributed by atoms with Crippen molar-refractivity contribution >= 4 is 16.3 Å². The van der Waals surface area contributed by atoms with Crippen LogP contribution in [0, 0.1) is 25.2 Å². The molecule has 0 aliphatic heterocycles. The molecule has 0 unspecified atom stereocenters. The van der Waals surface area contributed by atoms with Gasteiger partial charge in [0.05, 0.1) is 11.1 Å². The zero-order valence-corrected chi connectivity index (χ0v) is 9.86. The average Bonchev–Trinajstić information content (AvgIpc) is 2.67. The molecule has 0 bridgehead atoms. The van der Waals surface area contributed by atoms with Gasteiger partial charge < -0.3 is 4.40 Å². The Labute approximate surface area is 99.7 Å². The fraction of sp³-hybridized carbons (Fsp3) is 0.133. The Morgan fingerprint density at radius 2 is 1.82 bits per heavy atom. The van der Waals surface area contributed by atoms with Crippen LogP contribution in [0.15, 0.2) is 36.5 Å². The molecule has 0 aliphatic rings. The van der Waals surface area contributed by atoms with Crippen LogP contribution in [0.2, 0.25) is 0 Å². The minimum Gasteiger partial charge on any atom is -0.319 e.